The molecule has 0 atom stereocenters. The number of hydrogen-bond acceptors (Lipinski definition) is 6. The highest BCUT2D eigenvalue weighted by atomic mass is 35.5. The van der Waals surface area contributed by atoms with Crippen molar-refractivity contribution in [1.82, 2.24) is 0 Å². The van der Waals surface area contributed by atoms with Crippen molar-refractivity contribution in [2.24, 2.45) is 0 Å². The standard InChI is InChI=1S/C29H25ClO6/c1-16-23(36-28(32)17-5-7-20(8-6-17)29(2,3)4)10-9-22-25(31)24(35-26(16)22)13-18-11-21(30)12-19-14-33-15-34-27(18)19/h5-13H,14-15H2,1-4H3/b24-13-. The van der Waals surface area contributed by atoms with E-state index in [9.17, 15) is 9.59 Å². The molecular weight excluding hydrogens is 480 g/mol. The molecule has 0 bridgehead atoms. The lowest BCUT2D eigenvalue weighted by Gasteiger charge is -2.20. The first-order valence-corrected chi connectivity index (χ1v) is 11.9. The summed E-state index contributed by atoms with van der Waals surface area (Å²) in [5.74, 6) is 0.671. The number of fused-ring (bicyclic) bond motifs is 2. The maximum Gasteiger partial charge on any atom is 0.343 e. The fourth-order valence-electron chi connectivity index (χ4n) is 4.20. The van der Waals surface area contributed by atoms with Crippen LogP contribution in [0.4, 0.5) is 0 Å². The molecule has 0 N–H and O–H groups in total. The fraction of sp³-hybridized carbons (Fsp3) is 0.241. The Labute approximate surface area is 214 Å². The molecule has 0 radical (unpaired) electrons. The van der Waals surface area contributed by atoms with Gasteiger partial charge in [-0.25, -0.2) is 4.79 Å². The smallest absolute Gasteiger partial charge is 0.343 e. The van der Waals surface area contributed by atoms with Crippen molar-refractivity contribution in [1.29, 1.82) is 0 Å². The summed E-state index contributed by atoms with van der Waals surface area (Å²) >= 11 is 6.25. The first kappa shape index (κ1) is 24.1. The molecule has 2 aliphatic rings. The summed E-state index contributed by atoms with van der Waals surface area (Å²) in [4.78, 5) is 25.9. The average molecular weight is 505 g/mol. The van der Waals surface area contributed by atoms with Crippen LogP contribution in [-0.4, -0.2) is 18.5 Å². The van der Waals surface area contributed by atoms with Gasteiger partial charge in [0.2, 0.25) is 5.78 Å². The van der Waals surface area contributed by atoms with Gasteiger partial charge in [0.15, 0.2) is 12.6 Å². The highest BCUT2D eigenvalue weighted by Crippen LogP contribution is 2.41. The monoisotopic (exact) mass is 504 g/mol. The van der Waals surface area contributed by atoms with Crippen LogP contribution in [0, 0.1) is 6.92 Å². The molecule has 0 unspecified atom stereocenters. The molecule has 2 aliphatic heterocycles. The van der Waals surface area contributed by atoms with Crippen molar-refractivity contribution in [2.75, 3.05) is 6.79 Å². The van der Waals surface area contributed by atoms with Crippen LogP contribution in [0.5, 0.6) is 17.2 Å². The molecule has 0 amide bonds. The number of rotatable bonds is 3. The van der Waals surface area contributed by atoms with Crippen molar-refractivity contribution >= 4 is 29.4 Å². The zero-order valence-corrected chi connectivity index (χ0v) is 21.2. The number of carbonyl (C=O) groups is 2. The molecule has 7 heteroatoms. The topological polar surface area (TPSA) is 71.1 Å². The van der Waals surface area contributed by atoms with Gasteiger partial charge >= 0.3 is 5.97 Å². The Morgan fingerprint density at radius 1 is 1.06 bits per heavy atom. The number of esters is 1. The van der Waals surface area contributed by atoms with E-state index in [1.54, 1.807) is 49.4 Å². The summed E-state index contributed by atoms with van der Waals surface area (Å²) in [6.45, 7) is 8.57. The summed E-state index contributed by atoms with van der Waals surface area (Å²) < 4.78 is 22.6. The van der Waals surface area contributed by atoms with E-state index in [0.717, 1.165) is 11.1 Å². The van der Waals surface area contributed by atoms with E-state index in [-0.39, 0.29) is 23.8 Å². The van der Waals surface area contributed by atoms with Crippen molar-refractivity contribution in [3.05, 3.63) is 92.7 Å². The molecule has 36 heavy (non-hydrogen) atoms. The summed E-state index contributed by atoms with van der Waals surface area (Å²) in [5.41, 5.74) is 3.92. The van der Waals surface area contributed by atoms with Crippen molar-refractivity contribution in [3.63, 3.8) is 0 Å². The normalized spacial score (nSPS) is 15.7. The minimum absolute atomic E-state index is 0.0155. The second-order valence-electron chi connectivity index (χ2n) is 9.82. The number of allylic oxidation sites excluding steroid dienone is 1. The zero-order chi connectivity index (χ0) is 25.6. The Kier molecular flexibility index (Phi) is 6.10. The molecule has 2 heterocycles. The highest BCUT2D eigenvalue weighted by molar-refractivity contribution is 6.31. The van der Waals surface area contributed by atoms with Gasteiger partial charge in [0.25, 0.3) is 0 Å². The minimum Gasteiger partial charge on any atom is -0.467 e. The number of benzene rings is 3. The highest BCUT2D eigenvalue weighted by Gasteiger charge is 2.31. The molecule has 0 aromatic heterocycles. The van der Waals surface area contributed by atoms with Gasteiger partial charge in [-0.05, 0) is 60.4 Å². The zero-order valence-electron chi connectivity index (χ0n) is 20.4. The number of ether oxygens (including phenoxy) is 4. The SMILES string of the molecule is Cc1c(OC(=O)c2ccc(C(C)(C)C)cc2)ccc2c1O/C(=C\c1cc(Cl)cc3c1OCOC3)C2=O. The third-order valence-corrected chi connectivity index (χ3v) is 6.43. The molecule has 3 aromatic rings. The number of ketones is 1. The Morgan fingerprint density at radius 3 is 2.53 bits per heavy atom. The Morgan fingerprint density at radius 2 is 1.81 bits per heavy atom. The van der Waals surface area contributed by atoms with Gasteiger partial charge in [-0.3, -0.25) is 4.79 Å². The van der Waals surface area contributed by atoms with Crippen molar-refractivity contribution in [3.8, 4) is 17.2 Å². The Balaban J connectivity index is 1.40. The predicted molar refractivity (Wildman–Crippen MR) is 136 cm³/mol. The number of carbonyl (C=O) groups excluding carboxylic acids is 2. The van der Waals surface area contributed by atoms with Gasteiger partial charge in [-0.2, -0.15) is 0 Å². The second-order valence-corrected chi connectivity index (χ2v) is 10.3. The molecule has 0 saturated heterocycles. The summed E-state index contributed by atoms with van der Waals surface area (Å²) in [6, 6.07) is 14.1. The summed E-state index contributed by atoms with van der Waals surface area (Å²) in [6.07, 6.45) is 1.61. The van der Waals surface area contributed by atoms with Crippen LogP contribution in [-0.2, 0) is 16.8 Å². The van der Waals surface area contributed by atoms with Crippen LogP contribution in [0.2, 0.25) is 5.02 Å². The van der Waals surface area contributed by atoms with E-state index in [0.29, 0.717) is 51.1 Å². The van der Waals surface area contributed by atoms with E-state index in [1.807, 2.05) is 12.1 Å². The quantitative estimate of drug-likeness (QED) is 0.226. The van der Waals surface area contributed by atoms with Crippen LogP contribution < -0.4 is 14.2 Å². The Bertz CT molecular complexity index is 1410. The number of Topliss-reactive ketones (excluding diaryl/α,β-unsaturated/α-hetero) is 1. The van der Waals surface area contributed by atoms with Crippen LogP contribution in [0.1, 0.15) is 63.7 Å². The number of hydrogen-bond donors (Lipinski definition) is 0. The molecule has 184 valence electrons. The molecule has 0 fully saturated rings. The fourth-order valence-corrected chi connectivity index (χ4v) is 4.45. The van der Waals surface area contributed by atoms with Gasteiger partial charge in [-0.1, -0.05) is 44.5 Å². The van der Waals surface area contributed by atoms with E-state index < -0.39 is 5.97 Å². The van der Waals surface area contributed by atoms with Gasteiger partial charge in [-0.15, -0.1) is 0 Å². The third-order valence-electron chi connectivity index (χ3n) is 6.22. The van der Waals surface area contributed by atoms with Gasteiger partial charge in [0, 0.05) is 21.7 Å². The molecule has 3 aromatic carbocycles. The molecule has 5 rings (SSSR count). The van der Waals surface area contributed by atoms with Gasteiger partial charge < -0.3 is 18.9 Å². The molecular formula is C29H25ClO6. The molecule has 6 nitrogen and oxygen atoms in total. The van der Waals surface area contributed by atoms with E-state index in [2.05, 4.69) is 20.8 Å². The van der Waals surface area contributed by atoms with E-state index >= 15 is 0 Å². The number of halogens is 1. The van der Waals surface area contributed by atoms with E-state index in [4.69, 9.17) is 30.5 Å². The van der Waals surface area contributed by atoms with Crippen LogP contribution in [0.15, 0.2) is 54.3 Å². The maximum absolute atomic E-state index is 13.1. The predicted octanol–water partition coefficient (Wildman–Crippen LogP) is 6.65. The van der Waals surface area contributed by atoms with Crippen LogP contribution in [0.25, 0.3) is 6.08 Å². The Hall–Kier alpha value is -3.61. The van der Waals surface area contributed by atoms with Crippen molar-refractivity contribution in [2.45, 2.75) is 39.7 Å². The van der Waals surface area contributed by atoms with Gasteiger partial charge in [0.05, 0.1) is 17.7 Å². The van der Waals surface area contributed by atoms with E-state index in [1.165, 1.54) is 0 Å². The first-order chi connectivity index (χ1) is 17.1. The van der Waals surface area contributed by atoms with Crippen molar-refractivity contribution < 1.29 is 28.5 Å². The lowest BCUT2D eigenvalue weighted by Crippen LogP contribution is -2.13. The molecule has 0 aliphatic carbocycles. The summed E-state index contributed by atoms with van der Waals surface area (Å²) in [5, 5.41) is 0.499. The third kappa shape index (κ3) is 4.50. The average Bonchev–Trinajstić information content (AvgIpc) is 3.16. The molecule has 0 saturated carbocycles. The second kappa shape index (κ2) is 9.12. The molecule has 0 spiro atoms. The minimum atomic E-state index is -0.483. The maximum atomic E-state index is 13.1. The van der Waals surface area contributed by atoms with Crippen LogP contribution >= 0.6 is 11.6 Å². The van der Waals surface area contributed by atoms with Crippen LogP contribution in [0.3, 0.4) is 0 Å². The lowest BCUT2D eigenvalue weighted by molar-refractivity contribution is -0.0165. The summed E-state index contributed by atoms with van der Waals surface area (Å²) in [7, 11) is 0. The van der Waals surface area contributed by atoms with Gasteiger partial charge in [0.1, 0.15) is 17.2 Å². The lowest BCUT2D eigenvalue weighted by atomic mass is 9.87. The first-order valence-electron chi connectivity index (χ1n) is 11.6. The largest absolute Gasteiger partial charge is 0.467 e.